The van der Waals surface area contributed by atoms with Gasteiger partial charge in [-0.25, -0.2) is 18.2 Å². The van der Waals surface area contributed by atoms with Crippen molar-refractivity contribution in [2.45, 2.75) is 55.9 Å². The average molecular weight is 423 g/mol. The van der Waals surface area contributed by atoms with Gasteiger partial charge in [-0.15, -0.1) is 0 Å². The van der Waals surface area contributed by atoms with Gasteiger partial charge in [-0.1, -0.05) is 0 Å². The van der Waals surface area contributed by atoms with E-state index in [1.165, 1.54) is 24.9 Å². The average Bonchev–Trinajstić information content (AvgIpc) is 3.60. The lowest BCUT2D eigenvalue weighted by Crippen LogP contribution is -2.40. The number of pyridine rings is 1. The summed E-state index contributed by atoms with van der Waals surface area (Å²) in [6.07, 6.45) is 8.67. The largest absolute Gasteiger partial charge is 0.478 e. The molecule has 7 nitrogen and oxygen atoms in total. The van der Waals surface area contributed by atoms with Crippen LogP contribution in [0.1, 0.15) is 45.4 Å². The highest BCUT2D eigenvalue weighted by molar-refractivity contribution is 7.90. The normalized spacial score (nSPS) is 26.1. The van der Waals surface area contributed by atoms with Crippen molar-refractivity contribution in [2.75, 3.05) is 26.0 Å². The molecule has 1 saturated heterocycles. The molecule has 1 aromatic rings. The van der Waals surface area contributed by atoms with Gasteiger partial charge < -0.3 is 14.4 Å². The lowest BCUT2D eigenvalue weighted by molar-refractivity contribution is 0.0473. The fourth-order valence-electron chi connectivity index (χ4n) is 4.23. The van der Waals surface area contributed by atoms with Crippen LogP contribution < -0.4 is 4.74 Å². The van der Waals surface area contributed by atoms with Crippen LogP contribution in [0.15, 0.2) is 23.2 Å². The third-order valence-corrected chi connectivity index (χ3v) is 7.64. The molecule has 4 rings (SSSR count). The molecule has 0 unspecified atom stereocenters. The first-order valence-corrected chi connectivity index (χ1v) is 12.4. The van der Waals surface area contributed by atoms with Gasteiger partial charge in [0.25, 0.3) is 0 Å². The molecule has 1 aromatic heterocycles. The third kappa shape index (κ3) is 5.21. The molecule has 0 N–H and O–H groups in total. The highest BCUT2D eigenvalue weighted by Gasteiger charge is 2.45. The van der Waals surface area contributed by atoms with E-state index in [0.29, 0.717) is 24.3 Å². The van der Waals surface area contributed by atoms with E-state index < -0.39 is 9.84 Å². The molecule has 3 fully saturated rings. The maximum atomic E-state index is 12.2. The number of carbonyl (C=O) groups excluding carboxylic acids is 1. The predicted molar refractivity (Wildman–Crippen MR) is 107 cm³/mol. The Bertz CT molecular complexity index is 842. The van der Waals surface area contributed by atoms with Crippen molar-refractivity contribution in [3.05, 3.63) is 18.3 Å². The number of hydrogen-bond donors (Lipinski definition) is 0. The molecule has 1 amide bonds. The standard InChI is InChI=1S/C21H30N2O5S/c1-21(8-9-21)28-20(24)23-10-5-15(6-11-23)18-13-16(18)7-12-27-19-4-3-17(14-22-19)29(2,25)26/h3-4,14-16,18H,5-13H2,1-2H3/t16-,18-/m1/s1. The summed E-state index contributed by atoms with van der Waals surface area (Å²) in [5, 5.41) is 0. The lowest BCUT2D eigenvalue weighted by Gasteiger charge is -2.32. The van der Waals surface area contributed by atoms with Crippen LogP contribution in [0.2, 0.25) is 0 Å². The number of rotatable bonds is 7. The zero-order valence-electron chi connectivity index (χ0n) is 17.2. The second-order valence-corrected chi connectivity index (χ2v) is 11.1. The summed E-state index contributed by atoms with van der Waals surface area (Å²) in [5.74, 6) is 2.57. The third-order valence-electron chi connectivity index (χ3n) is 6.54. The second kappa shape index (κ2) is 7.78. The van der Waals surface area contributed by atoms with Crippen molar-refractivity contribution < 1.29 is 22.7 Å². The number of amides is 1. The van der Waals surface area contributed by atoms with Crippen molar-refractivity contribution in [2.24, 2.45) is 17.8 Å². The lowest BCUT2D eigenvalue weighted by atomic mass is 9.91. The number of piperidine rings is 1. The quantitative estimate of drug-likeness (QED) is 0.670. The Morgan fingerprint density at radius 2 is 2.00 bits per heavy atom. The fourth-order valence-corrected chi connectivity index (χ4v) is 4.79. The van der Waals surface area contributed by atoms with Gasteiger partial charge in [-0.2, -0.15) is 0 Å². The van der Waals surface area contributed by atoms with Crippen LogP contribution in [0, 0.1) is 17.8 Å². The Morgan fingerprint density at radius 3 is 2.59 bits per heavy atom. The van der Waals surface area contributed by atoms with Crippen molar-refractivity contribution in [3.63, 3.8) is 0 Å². The van der Waals surface area contributed by atoms with Gasteiger partial charge in [0.15, 0.2) is 9.84 Å². The topological polar surface area (TPSA) is 85.8 Å². The number of carbonyl (C=O) groups is 1. The zero-order chi connectivity index (χ0) is 20.6. The highest BCUT2D eigenvalue weighted by Crippen LogP contribution is 2.50. The number of sulfone groups is 1. The molecule has 0 radical (unpaired) electrons. The molecule has 0 bridgehead atoms. The highest BCUT2D eigenvalue weighted by atomic mass is 32.2. The summed E-state index contributed by atoms with van der Waals surface area (Å²) < 4.78 is 34.2. The van der Waals surface area contributed by atoms with Crippen LogP contribution >= 0.6 is 0 Å². The molecule has 3 aliphatic rings. The van der Waals surface area contributed by atoms with E-state index in [0.717, 1.165) is 51.1 Å². The van der Waals surface area contributed by atoms with Gasteiger partial charge in [-0.05, 0) is 69.3 Å². The maximum absolute atomic E-state index is 12.2. The number of ether oxygens (including phenoxy) is 2. The van der Waals surface area contributed by atoms with Crippen LogP contribution in [-0.4, -0.2) is 55.9 Å². The Labute approximate surface area is 172 Å². The molecule has 2 heterocycles. The first kappa shape index (κ1) is 20.4. The fraction of sp³-hybridized carbons (Fsp3) is 0.714. The molecule has 0 aromatic carbocycles. The summed E-state index contributed by atoms with van der Waals surface area (Å²) in [6, 6.07) is 3.14. The SMILES string of the molecule is CC1(OC(=O)N2CCC([C@H]3C[C@H]3CCOc3ccc(S(C)(=O)=O)cn3)CC2)CC1. The van der Waals surface area contributed by atoms with Crippen molar-refractivity contribution in [1.82, 2.24) is 9.88 Å². The summed E-state index contributed by atoms with van der Waals surface area (Å²) in [5.41, 5.74) is -0.199. The van der Waals surface area contributed by atoms with Crippen LogP contribution in [0.25, 0.3) is 0 Å². The van der Waals surface area contributed by atoms with Crippen LogP contribution in [0.5, 0.6) is 5.88 Å². The first-order valence-electron chi connectivity index (χ1n) is 10.5. The molecule has 1 aliphatic heterocycles. The van der Waals surface area contributed by atoms with Gasteiger partial charge in [0.2, 0.25) is 5.88 Å². The van der Waals surface area contributed by atoms with E-state index in [9.17, 15) is 13.2 Å². The minimum absolute atomic E-state index is 0.140. The van der Waals surface area contributed by atoms with Crippen molar-refractivity contribution in [1.29, 1.82) is 0 Å². The Balaban J connectivity index is 1.14. The minimum atomic E-state index is -3.23. The van der Waals surface area contributed by atoms with Crippen molar-refractivity contribution in [3.8, 4) is 5.88 Å². The van der Waals surface area contributed by atoms with Gasteiger partial charge >= 0.3 is 6.09 Å². The van der Waals surface area contributed by atoms with Crippen LogP contribution in [0.3, 0.4) is 0 Å². The number of likely N-dealkylation sites (tertiary alicyclic amines) is 1. The summed E-state index contributed by atoms with van der Waals surface area (Å²) in [4.78, 5) is 18.4. The first-order chi connectivity index (χ1) is 13.7. The summed E-state index contributed by atoms with van der Waals surface area (Å²) >= 11 is 0. The summed E-state index contributed by atoms with van der Waals surface area (Å²) in [7, 11) is -3.23. The number of aromatic nitrogens is 1. The number of nitrogens with zero attached hydrogens (tertiary/aromatic N) is 2. The Kier molecular flexibility index (Phi) is 5.48. The Hall–Kier alpha value is -1.83. The van der Waals surface area contributed by atoms with Crippen LogP contribution in [-0.2, 0) is 14.6 Å². The zero-order valence-corrected chi connectivity index (χ0v) is 18.0. The molecular weight excluding hydrogens is 392 g/mol. The molecule has 2 aliphatic carbocycles. The monoisotopic (exact) mass is 422 g/mol. The minimum Gasteiger partial charge on any atom is -0.478 e. The molecule has 0 spiro atoms. The molecule has 2 saturated carbocycles. The van der Waals surface area contributed by atoms with E-state index in [4.69, 9.17) is 9.47 Å². The van der Waals surface area contributed by atoms with Crippen LogP contribution in [0.4, 0.5) is 4.79 Å². The molecular formula is C21H30N2O5S. The molecule has 160 valence electrons. The molecule has 2 atom stereocenters. The van der Waals surface area contributed by atoms with E-state index in [1.807, 2.05) is 11.8 Å². The van der Waals surface area contributed by atoms with E-state index >= 15 is 0 Å². The molecule has 29 heavy (non-hydrogen) atoms. The van der Waals surface area contributed by atoms with E-state index in [-0.39, 0.29) is 16.6 Å². The van der Waals surface area contributed by atoms with Gasteiger partial charge in [-0.3, -0.25) is 0 Å². The summed E-state index contributed by atoms with van der Waals surface area (Å²) in [6.45, 7) is 4.20. The Morgan fingerprint density at radius 1 is 1.28 bits per heavy atom. The molecule has 8 heteroatoms. The van der Waals surface area contributed by atoms with E-state index in [2.05, 4.69) is 4.98 Å². The van der Waals surface area contributed by atoms with Gasteiger partial charge in [0.1, 0.15) is 5.60 Å². The maximum Gasteiger partial charge on any atom is 0.410 e. The van der Waals surface area contributed by atoms with E-state index in [1.54, 1.807) is 6.07 Å². The smallest absolute Gasteiger partial charge is 0.410 e. The second-order valence-electron chi connectivity index (χ2n) is 9.04. The van der Waals surface area contributed by atoms with Gasteiger partial charge in [0.05, 0.1) is 11.5 Å². The number of hydrogen-bond acceptors (Lipinski definition) is 6. The predicted octanol–water partition coefficient (Wildman–Crippen LogP) is 3.29. The van der Waals surface area contributed by atoms with Crippen molar-refractivity contribution >= 4 is 15.9 Å². The van der Waals surface area contributed by atoms with Gasteiger partial charge in [0, 0.05) is 31.6 Å².